The number of carbonyl (C=O) groups is 1. The van der Waals surface area contributed by atoms with Crippen molar-refractivity contribution < 1.29 is 9.18 Å². The summed E-state index contributed by atoms with van der Waals surface area (Å²) in [5, 5.41) is 12.3. The molecule has 31 heavy (non-hydrogen) atoms. The molecule has 0 spiro atoms. The number of aromatic nitrogens is 4. The van der Waals surface area contributed by atoms with E-state index in [2.05, 4.69) is 29.4 Å². The summed E-state index contributed by atoms with van der Waals surface area (Å²) in [7, 11) is 0. The Hall–Kier alpha value is -3.20. The third-order valence-corrected chi connectivity index (χ3v) is 5.80. The maximum atomic E-state index is 13.0. The van der Waals surface area contributed by atoms with Gasteiger partial charge in [-0.05, 0) is 48.7 Å². The lowest BCUT2D eigenvalue weighted by molar-refractivity contribution is -0.113. The van der Waals surface area contributed by atoms with Gasteiger partial charge in [0.2, 0.25) is 11.7 Å². The van der Waals surface area contributed by atoms with Gasteiger partial charge in [-0.15, -0.1) is 10.2 Å². The number of rotatable bonds is 7. The van der Waals surface area contributed by atoms with Gasteiger partial charge in [-0.1, -0.05) is 37.7 Å². The molecule has 0 bridgehead atoms. The van der Waals surface area contributed by atoms with Crippen LogP contribution in [0.3, 0.4) is 0 Å². The number of benzene rings is 2. The standard InChI is InChI=1S/C22H22FN5O2S/c1-14(2)11-12-27-20(30)17-5-3-4-6-18(17)28-21(27)25-26-22(28)31-13-19(29)24-16-9-7-15(23)8-10-16/h3-10,14H,11-13H2,1-2H3,(H,24,29). The van der Waals surface area contributed by atoms with Gasteiger partial charge in [0.15, 0.2) is 5.16 Å². The van der Waals surface area contributed by atoms with Crippen LogP contribution in [-0.4, -0.2) is 30.8 Å². The summed E-state index contributed by atoms with van der Waals surface area (Å²) in [6, 6.07) is 12.9. The van der Waals surface area contributed by atoms with Crippen molar-refractivity contribution in [1.29, 1.82) is 0 Å². The Kier molecular flexibility index (Phi) is 6.03. The number of aryl methyl sites for hydroxylation is 1. The first-order chi connectivity index (χ1) is 14.9. The number of hydrogen-bond donors (Lipinski definition) is 1. The summed E-state index contributed by atoms with van der Waals surface area (Å²) >= 11 is 1.23. The number of para-hydroxylation sites is 1. The highest BCUT2D eigenvalue weighted by molar-refractivity contribution is 7.99. The molecule has 1 N–H and O–H groups in total. The Morgan fingerprint density at radius 3 is 2.61 bits per heavy atom. The lowest BCUT2D eigenvalue weighted by Gasteiger charge is -2.12. The summed E-state index contributed by atoms with van der Waals surface area (Å²) < 4.78 is 16.5. The molecule has 4 rings (SSSR count). The van der Waals surface area contributed by atoms with Crippen molar-refractivity contribution in [2.75, 3.05) is 11.1 Å². The average molecular weight is 440 g/mol. The smallest absolute Gasteiger partial charge is 0.262 e. The van der Waals surface area contributed by atoms with Crippen molar-refractivity contribution in [3.63, 3.8) is 0 Å². The van der Waals surface area contributed by atoms with Gasteiger partial charge in [0.25, 0.3) is 5.56 Å². The molecule has 0 saturated heterocycles. The quantitative estimate of drug-likeness (QED) is 0.441. The Bertz CT molecular complexity index is 1300. The van der Waals surface area contributed by atoms with Crippen molar-refractivity contribution in [1.82, 2.24) is 19.2 Å². The summed E-state index contributed by atoms with van der Waals surface area (Å²) in [5.74, 6) is 0.386. The Morgan fingerprint density at radius 2 is 1.87 bits per heavy atom. The van der Waals surface area contributed by atoms with Gasteiger partial charge in [-0.25, -0.2) is 4.39 Å². The zero-order chi connectivity index (χ0) is 22.0. The molecule has 9 heteroatoms. The molecule has 0 radical (unpaired) electrons. The van der Waals surface area contributed by atoms with E-state index >= 15 is 0 Å². The van der Waals surface area contributed by atoms with Crippen LogP contribution in [0.2, 0.25) is 0 Å². The van der Waals surface area contributed by atoms with Crippen molar-refractivity contribution in [2.45, 2.75) is 32.0 Å². The Morgan fingerprint density at radius 1 is 1.13 bits per heavy atom. The van der Waals surface area contributed by atoms with Crippen LogP contribution >= 0.6 is 11.8 Å². The topological polar surface area (TPSA) is 81.3 Å². The molecule has 0 saturated carbocycles. The summed E-state index contributed by atoms with van der Waals surface area (Å²) in [6.45, 7) is 4.75. The van der Waals surface area contributed by atoms with E-state index in [4.69, 9.17) is 0 Å². The highest BCUT2D eigenvalue weighted by Gasteiger charge is 2.17. The monoisotopic (exact) mass is 439 g/mol. The van der Waals surface area contributed by atoms with E-state index in [0.29, 0.717) is 40.0 Å². The number of amides is 1. The summed E-state index contributed by atoms with van der Waals surface area (Å²) in [5.41, 5.74) is 1.13. The summed E-state index contributed by atoms with van der Waals surface area (Å²) in [4.78, 5) is 25.4. The van der Waals surface area contributed by atoms with Crippen LogP contribution in [0.5, 0.6) is 0 Å². The lowest BCUT2D eigenvalue weighted by atomic mass is 10.1. The fraction of sp³-hybridized carbons (Fsp3) is 0.273. The van der Waals surface area contributed by atoms with E-state index in [1.54, 1.807) is 10.6 Å². The lowest BCUT2D eigenvalue weighted by Crippen LogP contribution is -2.24. The molecule has 2 aromatic heterocycles. The van der Waals surface area contributed by atoms with Crippen molar-refractivity contribution in [3.8, 4) is 0 Å². The molecule has 0 aliphatic rings. The number of hydrogen-bond acceptors (Lipinski definition) is 5. The molecule has 2 aromatic carbocycles. The predicted octanol–water partition coefficient (Wildman–Crippen LogP) is 3.96. The van der Waals surface area contributed by atoms with Crippen LogP contribution in [0.15, 0.2) is 58.5 Å². The zero-order valence-electron chi connectivity index (χ0n) is 17.2. The largest absolute Gasteiger partial charge is 0.325 e. The fourth-order valence-corrected chi connectivity index (χ4v) is 4.02. The molecule has 7 nitrogen and oxygen atoms in total. The van der Waals surface area contributed by atoms with E-state index in [9.17, 15) is 14.0 Å². The van der Waals surface area contributed by atoms with Crippen LogP contribution in [0.25, 0.3) is 16.7 Å². The maximum absolute atomic E-state index is 13.0. The number of anilines is 1. The molecule has 2 heterocycles. The van der Waals surface area contributed by atoms with E-state index in [1.807, 2.05) is 22.6 Å². The number of thioether (sulfide) groups is 1. The SMILES string of the molecule is CC(C)CCn1c(=O)c2ccccc2n2c(SCC(=O)Nc3ccc(F)cc3)nnc12. The molecular weight excluding hydrogens is 417 g/mol. The molecule has 0 aliphatic carbocycles. The van der Waals surface area contributed by atoms with Crippen molar-refractivity contribution in [3.05, 3.63) is 64.7 Å². The van der Waals surface area contributed by atoms with E-state index < -0.39 is 0 Å². The Balaban J connectivity index is 1.65. The third kappa shape index (κ3) is 4.46. The van der Waals surface area contributed by atoms with Gasteiger partial charge in [0.05, 0.1) is 16.7 Å². The molecule has 0 fully saturated rings. The Labute approximate surface area is 182 Å². The number of carbonyl (C=O) groups excluding carboxylic acids is 1. The first-order valence-corrected chi connectivity index (χ1v) is 11.0. The maximum Gasteiger partial charge on any atom is 0.262 e. The molecule has 0 atom stereocenters. The van der Waals surface area contributed by atoms with Crippen LogP contribution < -0.4 is 10.9 Å². The van der Waals surface area contributed by atoms with Gasteiger partial charge in [-0.2, -0.15) is 0 Å². The number of halogens is 1. The van der Waals surface area contributed by atoms with Crippen LogP contribution in [0, 0.1) is 11.7 Å². The van der Waals surface area contributed by atoms with Crippen LogP contribution in [-0.2, 0) is 11.3 Å². The van der Waals surface area contributed by atoms with Gasteiger partial charge in [0.1, 0.15) is 5.82 Å². The van der Waals surface area contributed by atoms with E-state index in [-0.39, 0.29) is 23.0 Å². The first kappa shape index (κ1) is 21.0. The molecule has 0 unspecified atom stereocenters. The minimum atomic E-state index is -0.363. The third-order valence-electron chi connectivity index (χ3n) is 4.87. The number of fused-ring (bicyclic) bond motifs is 3. The second-order valence-corrected chi connectivity index (χ2v) is 8.56. The number of nitrogens with one attached hydrogen (secondary N) is 1. The average Bonchev–Trinajstić information content (AvgIpc) is 3.17. The summed E-state index contributed by atoms with van der Waals surface area (Å²) in [6.07, 6.45) is 0.837. The number of nitrogens with zero attached hydrogens (tertiary/aromatic N) is 4. The van der Waals surface area contributed by atoms with Gasteiger partial charge in [0, 0.05) is 12.2 Å². The molecule has 1 amide bonds. The molecule has 160 valence electrons. The van der Waals surface area contributed by atoms with E-state index in [0.717, 1.165) is 6.42 Å². The van der Waals surface area contributed by atoms with Crippen LogP contribution in [0.4, 0.5) is 10.1 Å². The van der Waals surface area contributed by atoms with Gasteiger partial charge >= 0.3 is 0 Å². The highest BCUT2D eigenvalue weighted by atomic mass is 32.2. The van der Waals surface area contributed by atoms with E-state index in [1.165, 1.54) is 36.0 Å². The first-order valence-electron chi connectivity index (χ1n) is 9.99. The highest BCUT2D eigenvalue weighted by Crippen LogP contribution is 2.22. The minimum absolute atomic E-state index is 0.0949. The second kappa shape index (κ2) is 8.89. The van der Waals surface area contributed by atoms with Crippen LogP contribution in [0.1, 0.15) is 20.3 Å². The van der Waals surface area contributed by atoms with Gasteiger partial charge < -0.3 is 5.32 Å². The fourth-order valence-electron chi connectivity index (χ4n) is 3.28. The predicted molar refractivity (Wildman–Crippen MR) is 120 cm³/mol. The minimum Gasteiger partial charge on any atom is -0.325 e. The molecular formula is C22H22FN5O2S. The molecule has 0 aliphatic heterocycles. The zero-order valence-corrected chi connectivity index (χ0v) is 18.0. The van der Waals surface area contributed by atoms with Gasteiger partial charge in [-0.3, -0.25) is 18.6 Å². The second-order valence-electron chi connectivity index (χ2n) is 7.62. The molecule has 4 aromatic rings. The van der Waals surface area contributed by atoms with Crippen molar-refractivity contribution in [2.24, 2.45) is 5.92 Å². The van der Waals surface area contributed by atoms with Crippen molar-refractivity contribution >= 4 is 40.0 Å². The normalized spacial score (nSPS) is 11.5.